The molecule has 0 aromatic carbocycles. The first-order valence-corrected chi connectivity index (χ1v) is 10.7. The lowest BCUT2D eigenvalue weighted by atomic mass is 10.1. The number of hydrogen-bond acceptors (Lipinski definition) is 7. The molecule has 0 bridgehead atoms. The van der Waals surface area contributed by atoms with Crippen molar-refractivity contribution in [3.05, 3.63) is 36.3 Å². The zero-order chi connectivity index (χ0) is 19.3. The van der Waals surface area contributed by atoms with E-state index in [2.05, 4.69) is 25.3 Å². The predicted molar refractivity (Wildman–Crippen MR) is 110 cm³/mol. The molecule has 1 aliphatic rings. The highest BCUT2D eigenvalue weighted by atomic mass is 32.2. The number of anilines is 1. The van der Waals surface area contributed by atoms with E-state index in [9.17, 15) is 4.79 Å². The van der Waals surface area contributed by atoms with Gasteiger partial charge in [0.2, 0.25) is 0 Å². The summed E-state index contributed by atoms with van der Waals surface area (Å²) < 4.78 is 1.84. The molecule has 9 heteroatoms. The number of thioether (sulfide) groups is 1. The summed E-state index contributed by atoms with van der Waals surface area (Å²) in [5.41, 5.74) is 1.41. The number of fused-ring (bicyclic) bond motifs is 1. The first-order chi connectivity index (χ1) is 13.8. The second-order valence-electron chi connectivity index (χ2n) is 6.68. The molecule has 3 aromatic heterocycles. The second kappa shape index (κ2) is 8.55. The molecule has 28 heavy (non-hydrogen) atoms. The fourth-order valence-corrected chi connectivity index (χ4v) is 3.76. The van der Waals surface area contributed by atoms with Crippen LogP contribution in [0.2, 0.25) is 0 Å². The van der Waals surface area contributed by atoms with Gasteiger partial charge >= 0.3 is 0 Å². The average Bonchev–Trinajstić information content (AvgIpc) is 3.17. The van der Waals surface area contributed by atoms with Gasteiger partial charge in [0, 0.05) is 37.6 Å². The van der Waals surface area contributed by atoms with Gasteiger partial charge in [0.05, 0.1) is 18.1 Å². The van der Waals surface area contributed by atoms with Crippen molar-refractivity contribution in [2.24, 2.45) is 0 Å². The molecule has 0 saturated carbocycles. The number of rotatable bonds is 6. The molecular formula is C19H23N7OS. The standard InChI is InChI=1S/C19H23N7OS/c1-28-19-23-16(25-10-3-2-4-11-25)15-13-22-26(17(15)24-19)12-9-21-18(27)14-5-7-20-8-6-14/h5-8,13H,2-4,9-12H2,1H3,(H,21,27). The van der Waals surface area contributed by atoms with Crippen LogP contribution in [0.4, 0.5) is 5.82 Å². The minimum absolute atomic E-state index is 0.118. The average molecular weight is 398 g/mol. The first kappa shape index (κ1) is 18.7. The maximum Gasteiger partial charge on any atom is 0.251 e. The molecule has 0 aliphatic carbocycles. The van der Waals surface area contributed by atoms with Crippen molar-refractivity contribution in [2.45, 2.75) is 31.0 Å². The van der Waals surface area contributed by atoms with E-state index in [1.165, 1.54) is 31.0 Å². The minimum Gasteiger partial charge on any atom is -0.356 e. The van der Waals surface area contributed by atoms with Gasteiger partial charge in [-0.2, -0.15) is 5.10 Å². The largest absolute Gasteiger partial charge is 0.356 e. The fourth-order valence-electron chi connectivity index (χ4n) is 3.40. The molecular weight excluding hydrogens is 374 g/mol. The van der Waals surface area contributed by atoms with Crippen LogP contribution in [0.5, 0.6) is 0 Å². The summed E-state index contributed by atoms with van der Waals surface area (Å²) in [5, 5.41) is 9.15. The van der Waals surface area contributed by atoms with E-state index in [4.69, 9.17) is 4.98 Å². The summed E-state index contributed by atoms with van der Waals surface area (Å²) in [6.45, 7) is 3.06. The van der Waals surface area contributed by atoms with Crippen molar-refractivity contribution in [1.29, 1.82) is 0 Å². The SMILES string of the molecule is CSc1nc(N2CCCCC2)c2cnn(CCNC(=O)c3ccncc3)c2n1. The number of pyridine rings is 1. The quantitative estimate of drug-likeness (QED) is 0.504. The van der Waals surface area contributed by atoms with Crippen LogP contribution in [-0.2, 0) is 6.54 Å². The third kappa shape index (κ3) is 3.94. The summed E-state index contributed by atoms with van der Waals surface area (Å²) in [5.74, 6) is 0.855. The summed E-state index contributed by atoms with van der Waals surface area (Å²) in [6, 6.07) is 3.39. The molecule has 4 rings (SSSR count). The van der Waals surface area contributed by atoms with Gasteiger partial charge in [-0.15, -0.1) is 0 Å². The molecule has 1 N–H and O–H groups in total. The van der Waals surface area contributed by atoms with Crippen molar-refractivity contribution in [3.8, 4) is 0 Å². The molecule has 0 unspecified atom stereocenters. The summed E-state index contributed by atoms with van der Waals surface area (Å²) in [7, 11) is 0. The molecule has 3 aromatic rings. The Morgan fingerprint density at radius 1 is 1.18 bits per heavy atom. The normalized spacial score (nSPS) is 14.4. The topological polar surface area (TPSA) is 88.8 Å². The Labute approximate surface area is 167 Å². The number of hydrogen-bond donors (Lipinski definition) is 1. The van der Waals surface area contributed by atoms with Gasteiger partial charge < -0.3 is 10.2 Å². The van der Waals surface area contributed by atoms with Gasteiger partial charge in [-0.05, 0) is 37.7 Å². The lowest BCUT2D eigenvalue weighted by Crippen LogP contribution is -2.30. The monoisotopic (exact) mass is 397 g/mol. The second-order valence-corrected chi connectivity index (χ2v) is 7.45. The maximum absolute atomic E-state index is 12.2. The summed E-state index contributed by atoms with van der Waals surface area (Å²) in [6.07, 6.45) is 10.7. The highest BCUT2D eigenvalue weighted by Crippen LogP contribution is 2.28. The third-order valence-corrected chi connectivity index (χ3v) is 5.39. The minimum atomic E-state index is -0.118. The lowest BCUT2D eigenvalue weighted by Gasteiger charge is -2.28. The van der Waals surface area contributed by atoms with Crippen LogP contribution in [0.3, 0.4) is 0 Å². The van der Waals surface area contributed by atoms with Crippen molar-refractivity contribution >= 4 is 34.5 Å². The number of nitrogens with zero attached hydrogens (tertiary/aromatic N) is 6. The lowest BCUT2D eigenvalue weighted by molar-refractivity contribution is 0.0952. The number of amides is 1. The molecule has 1 saturated heterocycles. The molecule has 8 nitrogen and oxygen atoms in total. The van der Waals surface area contributed by atoms with Gasteiger partial charge in [0.25, 0.3) is 5.91 Å². The highest BCUT2D eigenvalue weighted by Gasteiger charge is 2.19. The van der Waals surface area contributed by atoms with E-state index < -0.39 is 0 Å². The van der Waals surface area contributed by atoms with Gasteiger partial charge in [-0.3, -0.25) is 9.78 Å². The van der Waals surface area contributed by atoms with Crippen LogP contribution in [0, 0.1) is 0 Å². The highest BCUT2D eigenvalue weighted by molar-refractivity contribution is 7.98. The van der Waals surface area contributed by atoms with Crippen LogP contribution >= 0.6 is 11.8 Å². The Morgan fingerprint density at radius 3 is 2.71 bits per heavy atom. The summed E-state index contributed by atoms with van der Waals surface area (Å²) in [4.78, 5) is 27.9. The Morgan fingerprint density at radius 2 is 1.96 bits per heavy atom. The number of nitrogens with one attached hydrogen (secondary N) is 1. The van der Waals surface area contributed by atoms with E-state index in [0.717, 1.165) is 35.1 Å². The number of carbonyl (C=O) groups excluding carboxylic acids is 1. The molecule has 4 heterocycles. The third-order valence-electron chi connectivity index (χ3n) is 4.85. The molecule has 0 spiro atoms. The Hall–Kier alpha value is -2.68. The molecule has 0 radical (unpaired) electrons. The van der Waals surface area contributed by atoms with Crippen molar-refractivity contribution < 1.29 is 4.79 Å². The van der Waals surface area contributed by atoms with Crippen LogP contribution in [0.25, 0.3) is 11.0 Å². The van der Waals surface area contributed by atoms with E-state index in [0.29, 0.717) is 18.7 Å². The van der Waals surface area contributed by atoms with Crippen LogP contribution in [-0.4, -0.2) is 56.5 Å². The van der Waals surface area contributed by atoms with Crippen molar-refractivity contribution in [1.82, 2.24) is 30.0 Å². The Bertz CT molecular complexity index is 954. The van der Waals surface area contributed by atoms with Gasteiger partial charge in [0.1, 0.15) is 5.82 Å². The maximum atomic E-state index is 12.2. The van der Waals surface area contributed by atoms with Crippen LogP contribution < -0.4 is 10.2 Å². The number of carbonyl (C=O) groups is 1. The van der Waals surface area contributed by atoms with E-state index in [1.807, 2.05) is 17.1 Å². The summed E-state index contributed by atoms with van der Waals surface area (Å²) >= 11 is 1.53. The van der Waals surface area contributed by atoms with Gasteiger partial charge in [0.15, 0.2) is 10.8 Å². The van der Waals surface area contributed by atoms with Crippen LogP contribution in [0.1, 0.15) is 29.6 Å². The molecule has 1 aliphatic heterocycles. The van der Waals surface area contributed by atoms with Gasteiger partial charge in [-0.1, -0.05) is 11.8 Å². The smallest absolute Gasteiger partial charge is 0.251 e. The number of piperidine rings is 1. The predicted octanol–water partition coefficient (Wildman–Crippen LogP) is 2.36. The molecule has 146 valence electrons. The van der Waals surface area contributed by atoms with E-state index in [-0.39, 0.29) is 5.91 Å². The van der Waals surface area contributed by atoms with E-state index in [1.54, 1.807) is 24.5 Å². The van der Waals surface area contributed by atoms with E-state index >= 15 is 0 Å². The zero-order valence-corrected chi connectivity index (χ0v) is 16.7. The fraction of sp³-hybridized carbons (Fsp3) is 0.421. The number of aromatic nitrogens is 5. The Kier molecular flexibility index (Phi) is 5.70. The Balaban J connectivity index is 1.52. The van der Waals surface area contributed by atoms with Crippen LogP contribution in [0.15, 0.2) is 35.9 Å². The van der Waals surface area contributed by atoms with Crippen molar-refractivity contribution in [2.75, 3.05) is 30.8 Å². The molecule has 0 atom stereocenters. The molecule has 1 fully saturated rings. The van der Waals surface area contributed by atoms with Crippen molar-refractivity contribution in [3.63, 3.8) is 0 Å². The molecule has 1 amide bonds. The zero-order valence-electron chi connectivity index (χ0n) is 15.8. The van der Waals surface area contributed by atoms with Gasteiger partial charge in [-0.25, -0.2) is 14.6 Å². The first-order valence-electron chi connectivity index (χ1n) is 9.47.